The van der Waals surface area contributed by atoms with E-state index < -0.39 is 0 Å². The van der Waals surface area contributed by atoms with Crippen molar-refractivity contribution in [1.29, 1.82) is 0 Å². The number of nitrogens with zero attached hydrogens (tertiary/aromatic N) is 1. The number of benzene rings is 1. The van der Waals surface area contributed by atoms with Crippen molar-refractivity contribution in [1.82, 2.24) is 10.3 Å². The summed E-state index contributed by atoms with van der Waals surface area (Å²) in [5, 5.41) is 7.25. The fraction of sp³-hybridized carbons (Fsp3) is 0.333. The van der Waals surface area contributed by atoms with Crippen LogP contribution in [0.2, 0.25) is 0 Å². The van der Waals surface area contributed by atoms with Gasteiger partial charge in [-0.3, -0.25) is 9.78 Å². The third-order valence-electron chi connectivity index (χ3n) is 3.66. The van der Waals surface area contributed by atoms with Crippen LogP contribution in [-0.2, 0) is 4.79 Å². The lowest BCUT2D eigenvalue weighted by atomic mass is 10.1. The number of rotatable bonds is 2. The number of carbonyl (C=O) groups excluding carboxylic acids is 1. The Morgan fingerprint density at radius 3 is 2.86 bits per heavy atom. The minimum Gasteiger partial charge on any atom is -0.325 e. The smallest absolute Gasteiger partial charge is 0.228 e. The summed E-state index contributed by atoms with van der Waals surface area (Å²) in [7, 11) is 0. The summed E-state index contributed by atoms with van der Waals surface area (Å²) in [6.07, 6.45) is 2.69. The molecule has 4 nitrogen and oxygen atoms in total. The molecular formula is C15H19Cl2N3O. The van der Waals surface area contributed by atoms with Crippen molar-refractivity contribution in [2.24, 2.45) is 5.92 Å². The van der Waals surface area contributed by atoms with Gasteiger partial charge < -0.3 is 10.6 Å². The maximum absolute atomic E-state index is 12.2. The van der Waals surface area contributed by atoms with E-state index in [2.05, 4.69) is 15.6 Å². The summed E-state index contributed by atoms with van der Waals surface area (Å²) < 4.78 is 0. The van der Waals surface area contributed by atoms with Crippen LogP contribution in [0.3, 0.4) is 0 Å². The van der Waals surface area contributed by atoms with Crippen LogP contribution in [0.5, 0.6) is 0 Å². The summed E-state index contributed by atoms with van der Waals surface area (Å²) >= 11 is 0. The van der Waals surface area contributed by atoms with Gasteiger partial charge in [0.05, 0.1) is 17.1 Å². The Kier molecular flexibility index (Phi) is 6.40. The minimum atomic E-state index is 0. The van der Waals surface area contributed by atoms with E-state index in [1.165, 1.54) is 0 Å². The van der Waals surface area contributed by atoms with Crippen LogP contribution >= 0.6 is 24.8 Å². The zero-order valence-electron chi connectivity index (χ0n) is 11.8. The number of amides is 1. The second kappa shape index (κ2) is 7.59. The predicted molar refractivity (Wildman–Crippen MR) is 90.6 cm³/mol. The molecule has 3 rings (SSSR count). The summed E-state index contributed by atoms with van der Waals surface area (Å²) in [6.45, 7) is 3.73. The lowest BCUT2D eigenvalue weighted by molar-refractivity contribution is -0.119. The second-order valence-corrected chi connectivity index (χ2v) is 5.01. The Balaban J connectivity index is 0.00000110. The van der Waals surface area contributed by atoms with Gasteiger partial charge in [0.2, 0.25) is 5.91 Å². The van der Waals surface area contributed by atoms with Crippen LogP contribution in [-0.4, -0.2) is 24.0 Å². The van der Waals surface area contributed by atoms with Crippen LogP contribution in [0.4, 0.5) is 5.69 Å². The fourth-order valence-corrected chi connectivity index (χ4v) is 2.54. The van der Waals surface area contributed by atoms with Gasteiger partial charge in [0, 0.05) is 18.1 Å². The molecule has 6 heteroatoms. The van der Waals surface area contributed by atoms with Crippen LogP contribution in [0.25, 0.3) is 10.9 Å². The molecule has 2 aromatic rings. The molecule has 0 saturated carbocycles. The van der Waals surface area contributed by atoms with Crippen LogP contribution in [0, 0.1) is 12.8 Å². The van der Waals surface area contributed by atoms with E-state index in [0.29, 0.717) is 0 Å². The van der Waals surface area contributed by atoms with E-state index in [9.17, 15) is 4.79 Å². The molecule has 2 heterocycles. The topological polar surface area (TPSA) is 54.0 Å². The Morgan fingerprint density at radius 2 is 2.14 bits per heavy atom. The van der Waals surface area contributed by atoms with Gasteiger partial charge in [-0.05, 0) is 43.7 Å². The standard InChI is InChI=1S/C15H17N3O.2ClH/c1-10-4-5-13(12-3-2-7-17-14(10)12)18-15(19)11-6-8-16-9-11;;/h2-5,7,11,16H,6,8-9H2,1H3,(H,18,19);2*1H. The summed E-state index contributed by atoms with van der Waals surface area (Å²) in [5.41, 5.74) is 2.92. The lowest BCUT2D eigenvalue weighted by Gasteiger charge is -2.12. The number of aryl methyl sites for hydroxylation is 1. The van der Waals surface area contributed by atoms with Gasteiger partial charge >= 0.3 is 0 Å². The van der Waals surface area contributed by atoms with Gasteiger partial charge in [-0.15, -0.1) is 24.8 Å². The maximum atomic E-state index is 12.2. The molecular weight excluding hydrogens is 309 g/mol. The Morgan fingerprint density at radius 1 is 1.33 bits per heavy atom. The molecule has 2 N–H and O–H groups in total. The van der Waals surface area contributed by atoms with E-state index >= 15 is 0 Å². The second-order valence-electron chi connectivity index (χ2n) is 5.01. The van der Waals surface area contributed by atoms with Gasteiger partial charge in [-0.2, -0.15) is 0 Å². The monoisotopic (exact) mass is 327 g/mol. The summed E-state index contributed by atoms with van der Waals surface area (Å²) in [5.74, 6) is 0.173. The van der Waals surface area contributed by atoms with E-state index in [1.807, 2.05) is 31.2 Å². The molecule has 0 radical (unpaired) electrons. The summed E-state index contributed by atoms with van der Waals surface area (Å²) in [6, 6.07) is 7.85. The molecule has 1 fully saturated rings. The third kappa shape index (κ3) is 3.64. The molecule has 0 aliphatic carbocycles. The van der Waals surface area contributed by atoms with E-state index in [4.69, 9.17) is 0 Å². The van der Waals surface area contributed by atoms with Crippen LogP contribution < -0.4 is 10.6 Å². The number of hydrogen-bond acceptors (Lipinski definition) is 3. The zero-order chi connectivity index (χ0) is 13.2. The van der Waals surface area contributed by atoms with Gasteiger partial charge in [-0.1, -0.05) is 6.07 Å². The number of hydrogen-bond donors (Lipinski definition) is 2. The largest absolute Gasteiger partial charge is 0.325 e. The quantitative estimate of drug-likeness (QED) is 0.891. The van der Waals surface area contributed by atoms with Crippen molar-refractivity contribution in [2.75, 3.05) is 18.4 Å². The van der Waals surface area contributed by atoms with Crippen molar-refractivity contribution >= 4 is 47.3 Å². The number of aromatic nitrogens is 1. The highest BCUT2D eigenvalue weighted by Crippen LogP contribution is 2.25. The SMILES string of the molecule is Cc1ccc(NC(=O)C2CCNC2)c2cccnc12.Cl.Cl. The average Bonchev–Trinajstić information content (AvgIpc) is 2.96. The Labute approximate surface area is 136 Å². The minimum absolute atomic E-state index is 0. The maximum Gasteiger partial charge on any atom is 0.228 e. The number of fused-ring (bicyclic) bond motifs is 1. The lowest BCUT2D eigenvalue weighted by Crippen LogP contribution is -2.24. The molecule has 1 unspecified atom stereocenters. The van der Waals surface area contributed by atoms with Crippen molar-refractivity contribution in [3.63, 3.8) is 0 Å². The average molecular weight is 328 g/mol. The van der Waals surface area contributed by atoms with Crippen molar-refractivity contribution in [2.45, 2.75) is 13.3 Å². The number of pyridine rings is 1. The normalized spacial score (nSPS) is 16.9. The van der Waals surface area contributed by atoms with Gasteiger partial charge in [-0.25, -0.2) is 0 Å². The molecule has 1 amide bonds. The first-order valence-electron chi connectivity index (χ1n) is 6.61. The summed E-state index contributed by atoms with van der Waals surface area (Å²) in [4.78, 5) is 16.6. The van der Waals surface area contributed by atoms with E-state index in [-0.39, 0.29) is 36.6 Å². The van der Waals surface area contributed by atoms with Gasteiger partial charge in [0.25, 0.3) is 0 Å². The van der Waals surface area contributed by atoms with Crippen molar-refractivity contribution in [3.05, 3.63) is 36.0 Å². The van der Waals surface area contributed by atoms with Gasteiger partial charge in [0.1, 0.15) is 0 Å². The molecule has 21 heavy (non-hydrogen) atoms. The fourth-order valence-electron chi connectivity index (χ4n) is 2.54. The zero-order valence-corrected chi connectivity index (χ0v) is 13.4. The molecule has 114 valence electrons. The highest BCUT2D eigenvalue weighted by molar-refractivity contribution is 6.02. The third-order valence-corrected chi connectivity index (χ3v) is 3.66. The number of nitrogens with one attached hydrogen (secondary N) is 2. The first-order valence-corrected chi connectivity index (χ1v) is 6.61. The molecule has 0 spiro atoms. The highest BCUT2D eigenvalue weighted by Gasteiger charge is 2.22. The molecule has 1 aromatic heterocycles. The number of anilines is 1. The Bertz CT molecular complexity index is 627. The van der Waals surface area contributed by atoms with Crippen molar-refractivity contribution in [3.8, 4) is 0 Å². The Hall–Kier alpha value is -1.36. The molecule has 0 bridgehead atoms. The van der Waals surface area contributed by atoms with Crippen molar-refractivity contribution < 1.29 is 4.79 Å². The molecule has 1 saturated heterocycles. The van der Waals surface area contributed by atoms with E-state index in [1.54, 1.807) is 6.20 Å². The molecule has 1 aromatic carbocycles. The van der Waals surface area contributed by atoms with E-state index in [0.717, 1.165) is 41.7 Å². The van der Waals surface area contributed by atoms with Crippen LogP contribution in [0.1, 0.15) is 12.0 Å². The van der Waals surface area contributed by atoms with Crippen LogP contribution in [0.15, 0.2) is 30.5 Å². The first kappa shape index (κ1) is 17.7. The number of halogens is 2. The highest BCUT2D eigenvalue weighted by atomic mass is 35.5. The number of carbonyl (C=O) groups is 1. The molecule has 1 aliphatic heterocycles. The predicted octanol–water partition coefficient (Wildman–Crippen LogP) is 2.93. The molecule has 1 aliphatic rings. The van der Waals surface area contributed by atoms with Gasteiger partial charge in [0.15, 0.2) is 0 Å². The first-order chi connectivity index (χ1) is 9.25. The molecule has 1 atom stereocenters.